The number of rotatable bonds is 3. The molecule has 0 aliphatic rings. The highest BCUT2D eigenvalue weighted by Crippen LogP contribution is 2.04. The lowest BCUT2D eigenvalue weighted by molar-refractivity contribution is 0.408. The highest BCUT2D eigenvalue weighted by Gasteiger charge is 1.84. The number of hydrogen-bond acceptors (Lipinski definition) is 1. The van der Waals surface area contributed by atoms with E-state index in [-0.39, 0.29) is 0 Å². The third-order valence-electron chi connectivity index (χ3n) is 1.51. The van der Waals surface area contributed by atoms with E-state index in [2.05, 4.69) is 25.6 Å². The summed E-state index contributed by atoms with van der Waals surface area (Å²) in [6, 6.07) is 8.21. The summed E-state index contributed by atoms with van der Waals surface area (Å²) in [5.41, 5.74) is 2.39. The van der Waals surface area contributed by atoms with Crippen LogP contribution >= 0.6 is 0 Å². The van der Waals surface area contributed by atoms with Crippen LogP contribution in [0.3, 0.4) is 0 Å². The molecule has 1 rings (SSSR count). The monoisotopic (exact) mass is 160 g/mol. The summed E-state index contributed by atoms with van der Waals surface area (Å²) >= 11 is 0. The third kappa shape index (κ3) is 2.62. The smallest absolute Gasteiger partial charge is 0.0907 e. The van der Waals surface area contributed by atoms with E-state index >= 15 is 0 Å². The molecule has 62 valence electrons. The topological polar surface area (TPSA) is 9.23 Å². The lowest BCUT2D eigenvalue weighted by atomic mass is 10.1. The van der Waals surface area contributed by atoms with Crippen LogP contribution in [0.15, 0.2) is 43.4 Å². The van der Waals surface area contributed by atoms with E-state index in [0.29, 0.717) is 0 Å². The van der Waals surface area contributed by atoms with E-state index < -0.39 is 0 Å². The molecule has 1 aromatic rings. The minimum Gasteiger partial charge on any atom is -0.473 e. The Balaban J connectivity index is 2.64. The summed E-state index contributed by atoms with van der Waals surface area (Å²) in [5.74, 6) is 0. The number of aryl methyl sites for hydroxylation is 1. The normalized spacial score (nSPS) is 10.1. The van der Waals surface area contributed by atoms with Gasteiger partial charge in [0.05, 0.1) is 12.5 Å². The van der Waals surface area contributed by atoms with Gasteiger partial charge >= 0.3 is 0 Å². The molecule has 0 radical (unpaired) electrons. The molecule has 0 aliphatic carbocycles. The predicted molar refractivity (Wildman–Crippen MR) is 51.5 cm³/mol. The molecule has 0 aromatic heterocycles. The summed E-state index contributed by atoms with van der Waals surface area (Å²) in [6.07, 6.45) is 4.89. The molecule has 0 atom stereocenters. The standard InChI is InChI=1S/C11H12O/c1-3-12-9-8-11-6-4-10(2)5-7-11/h3-9H,1H2,2H3. The fourth-order valence-electron chi connectivity index (χ4n) is 0.851. The first kappa shape index (κ1) is 8.60. The Bertz CT molecular complexity index is 270. The van der Waals surface area contributed by atoms with E-state index in [1.54, 1.807) is 6.26 Å². The Morgan fingerprint density at radius 3 is 2.50 bits per heavy atom. The summed E-state index contributed by atoms with van der Waals surface area (Å²) < 4.78 is 4.85. The molecule has 12 heavy (non-hydrogen) atoms. The van der Waals surface area contributed by atoms with Crippen molar-refractivity contribution in [1.29, 1.82) is 0 Å². The van der Waals surface area contributed by atoms with Gasteiger partial charge in [0.25, 0.3) is 0 Å². The SMILES string of the molecule is C=COC=Cc1ccc(C)cc1. The molecule has 0 spiro atoms. The third-order valence-corrected chi connectivity index (χ3v) is 1.51. The maximum atomic E-state index is 4.85. The van der Waals surface area contributed by atoms with E-state index in [1.165, 1.54) is 11.8 Å². The first-order valence-electron chi connectivity index (χ1n) is 3.82. The maximum absolute atomic E-state index is 4.85. The zero-order valence-corrected chi connectivity index (χ0v) is 7.16. The van der Waals surface area contributed by atoms with Crippen LogP contribution in [0.1, 0.15) is 11.1 Å². The molecule has 1 heteroatoms. The van der Waals surface area contributed by atoms with Gasteiger partial charge in [-0.25, -0.2) is 0 Å². The highest BCUT2D eigenvalue weighted by atomic mass is 16.5. The highest BCUT2D eigenvalue weighted by molar-refractivity contribution is 5.48. The van der Waals surface area contributed by atoms with Gasteiger partial charge in [0, 0.05) is 0 Å². The van der Waals surface area contributed by atoms with Crippen molar-refractivity contribution in [2.75, 3.05) is 0 Å². The van der Waals surface area contributed by atoms with E-state index in [0.717, 1.165) is 5.56 Å². The number of benzene rings is 1. The van der Waals surface area contributed by atoms with Gasteiger partial charge in [-0.1, -0.05) is 36.4 Å². The van der Waals surface area contributed by atoms with Gasteiger partial charge in [0.1, 0.15) is 0 Å². The molecule has 0 aliphatic heterocycles. The first-order chi connectivity index (χ1) is 5.83. The van der Waals surface area contributed by atoms with Crippen LogP contribution in [0.5, 0.6) is 0 Å². The van der Waals surface area contributed by atoms with E-state index in [9.17, 15) is 0 Å². The molecule has 0 unspecified atom stereocenters. The number of hydrogen-bond donors (Lipinski definition) is 0. The molecular weight excluding hydrogens is 148 g/mol. The summed E-state index contributed by atoms with van der Waals surface area (Å²) in [6.45, 7) is 5.50. The zero-order chi connectivity index (χ0) is 8.81. The van der Waals surface area contributed by atoms with Crippen LogP contribution < -0.4 is 0 Å². The molecule has 1 nitrogen and oxygen atoms in total. The molecule has 0 fully saturated rings. The minimum atomic E-state index is 1.13. The van der Waals surface area contributed by atoms with Gasteiger partial charge < -0.3 is 4.74 Å². The zero-order valence-electron chi connectivity index (χ0n) is 7.16. The largest absolute Gasteiger partial charge is 0.473 e. The molecule has 0 N–H and O–H groups in total. The van der Waals surface area contributed by atoms with Crippen molar-refractivity contribution in [2.24, 2.45) is 0 Å². The quantitative estimate of drug-likeness (QED) is 0.617. The predicted octanol–water partition coefficient (Wildman–Crippen LogP) is 3.13. The van der Waals surface area contributed by atoms with Crippen LogP contribution in [0.4, 0.5) is 0 Å². The van der Waals surface area contributed by atoms with Crippen LogP contribution in [0, 0.1) is 6.92 Å². The van der Waals surface area contributed by atoms with Crippen molar-refractivity contribution < 1.29 is 4.74 Å². The molecule has 0 amide bonds. The second kappa shape index (κ2) is 4.39. The van der Waals surface area contributed by atoms with Crippen LogP contribution in [0.2, 0.25) is 0 Å². The van der Waals surface area contributed by atoms with Gasteiger partial charge in [0.2, 0.25) is 0 Å². The average molecular weight is 160 g/mol. The Morgan fingerprint density at radius 2 is 1.92 bits per heavy atom. The van der Waals surface area contributed by atoms with Crippen molar-refractivity contribution in [1.82, 2.24) is 0 Å². The Morgan fingerprint density at radius 1 is 1.25 bits per heavy atom. The Kier molecular flexibility index (Phi) is 3.15. The summed E-state index contributed by atoms with van der Waals surface area (Å²) in [5, 5.41) is 0. The molecule has 0 heterocycles. The van der Waals surface area contributed by atoms with Gasteiger partial charge in [0.15, 0.2) is 0 Å². The van der Waals surface area contributed by atoms with Crippen molar-refractivity contribution in [3.8, 4) is 0 Å². The maximum Gasteiger partial charge on any atom is 0.0907 e. The summed E-state index contributed by atoms with van der Waals surface area (Å²) in [7, 11) is 0. The number of ether oxygens (including phenoxy) is 1. The van der Waals surface area contributed by atoms with Crippen molar-refractivity contribution in [3.05, 3.63) is 54.5 Å². The van der Waals surface area contributed by atoms with Crippen molar-refractivity contribution in [2.45, 2.75) is 6.92 Å². The minimum absolute atomic E-state index is 1.13. The molecule has 0 saturated carbocycles. The second-order valence-corrected chi connectivity index (χ2v) is 2.52. The lowest BCUT2D eigenvalue weighted by Gasteiger charge is -1.93. The second-order valence-electron chi connectivity index (χ2n) is 2.52. The van der Waals surface area contributed by atoms with Gasteiger partial charge in [-0.3, -0.25) is 0 Å². The van der Waals surface area contributed by atoms with Gasteiger partial charge in [-0.15, -0.1) is 0 Å². The van der Waals surface area contributed by atoms with Crippen molar-refractivity contribution >= 4 is 6.08 Å². The van der Waals surface area contributed by atoms with Crippen molar-refractivity contribution in [3.63, 3.8) is 0 Å². The van der Waals surface area contributed by atoms with Crippen LogP contribution in [0.25, 0.3) is 6.08 Å². The molecule has 0 bridgehead atoms. The lowest BCUT2D eigenvalue weighted by Crippen LogP contribution is -1.73. The average Bonchev–Trinajstić information content (AvgIpc) is 2.09. The first-order valence-corrected chi connectivity index (χ1v) is 3.82. The van der Waals surface area contributed by atoms with Crippen LogP contribution in [-0.4, -0.2) is 0 Å². The van der Waals surface area contributed by atoms with Crippen LogP contribution in [-0.2, 0) is 4.74 Å². The Hall–Kier alpha value is -1.50. The summed E-state index contributed by atoms with van der Waals surface area (Å²) in [4.78, 5) is 0. The fourth-order valence-corrected chi connectivity index (χ4v) is 0.851. The van der Waals surface area contributed by atoms with Gasteiger partial charge in [-0.2, -0.15) is 0 Å². The van der Waals surface area contributed by atoms with E-state index in [1.807, 2.05) is 18.2 Å². The van der Waals surface area contributed by atoms with Gasteiger partial charge in [-0.05, 0) is 18.6 Å². The molecular formula is C11H12O. The molecule has 1 aromatic carbocycles. The molecule has 0 saturated heterocycles. The van der Waals surface area contributed by atoms with E-state index in [4.69, 9.17) is 4.74 Å². The fraction of sp³-hybridized carbons (Fsp3) is 0.0909. The Labute approximate surface area is 73.0 Å².